The van der Waals surface area contributed by atoms with Gasteiger partial charge < -0.3 is 26.2 Å². The monoisotopic (exact) mass is 529 g/mol. The summed E-state index contributed by atoms with van der Waals surface area (Å²) in [5.74, 6) is -2.46. The van der Waals surface area contributed by atoms with Crippen molar-refractivity contribution in [1.29, 1.82) is 0 Å². The van der Waals surface area contributed by atoms with Crippen molar-refractivity contribution in [2.45, 2.75) is 69.8 Å². The summed E-state index contributed by atoms with van der Waals surface area (Å²) >= 11 is 0. The fourth-order valence-corrected chi connectivity index (χ4v) is 4.63. The van der Waals surface area contributed by atoms with Crippen LogP contribution in [-0.4, -0.2) is 70.1 Å². The Kier molecular flexibility index (Phi) is 9.74. The van der Waals surface area contributed by atoms with E-state index in [0.29, 0.717) is 17.9 Å². The number of aliphatic carboxylic acids is 2. The van der Waals surface area contributed by atoms with Gasteiger partial charge in [-0.25, -0.2) is 14.6 Å². The standard InChI is InChI=1S/C17H27N5.2C2HF3O2/c1-2-19-12-9-22(10-12)16-14-8-7-11-5-3-4-6-13(11)15(14)20-17(18)21-16;2*3-2(4,5)1(6)7/h11-13,19H,2-10H2,1H3,(H2,18,20,21);2*(H,6,7)/t11-,13+;;/m0../s1. The van der Waals surface area contributed by atoms with Gasteiger partial charge in [0.25, 0.3) is 0 Å². The number of nitrogen functional groups attached to an aromatic ring is 1. The largest absolute Gasteiger partial charge is 0.490 e. The Morgan fingerprint density at radius 1 is 1.00 bits per heavy atom. The average molecular weight is 529 g/mol. The van der Waals surface area contributed by atoms with Gasteiger partial charge in [-0.2, -0.15) is 31.3 Å². The van der Waals surface area contributed by atoms with Crippen molar-refractivity contribution < 1.29 is 46.1 Å². The van der Waals surface area contributed by atoms with Gasteiger partial charge in [-0.15, -0.1) is 0 Å². The second-order valence-corrected chi connectivity index (χ2v) is 8.72. The number of nitrogens with one attached hydrogen (secondary N) is 1. The van der Waals surface area contributed by atoms with Crippen LogP contribution >= 0.6 is 0 Å². The molecule has 1 aromatic heterocycles. The molecule has 1 aromatic rings. The van der Waals surface area contributed by atoms with Crippen molar-refractivity contribution in [1.82, 2.24) is 15.3 Å². The number of nitrogens with two attached hydrogens (primary N) is 1. The lowest BCUT2D eigenvalue weighted by atomic mass is 9.70. The number of aromatic nitrogens is 2. The van der Waals surface area contributed by atoms with Crippen LogP contribution in [0, 0.1) is 5.92 Å². The van der Waals surface area contributed by atoms with Gasteiger partial charge in [0.15, 0.2) is 0 Å². The lowest BCUT2D eigenvalue weighted by molar-refractivity contribution is -0.193. The number of hydrogen-bond acceptors (Lipinski definition) is 7. The maximum atomic E-state index is 10.6. The summed E-state index contributed by atoms with van der Waals surface area (Å²) in [5, 5.41) is 17.8. The van der Waals surface area contributed by atoms with Gasteiger partial charge in [-0.1, -0.05) is 19.8 Å². The van der Waals surface area contributed by atoms with Crippen molar-refractivity contribution in [2.75, 3.05) is 30.3 Å². The van der Waals surface area contributed by atoms with Crippen molar-refractivity contribution in [3.63, 3.8) is 0 Å². The molecule has 15 heteroatoms. The number of rotatable bonds is 3. The summed E-state index contributed by atoms with van der Waals surface area (Å²) in [5.41, 5.74) is 8.73. The molecule has 204 valence electrons. The van der Waals surface area contributed by atoms with Gasteiger partial charge in [0, 0.05) is 30.6 Å². The van der Waals surface area contributed by atoms with Gasteiger partial charge in [-0.3, -0.25) is 0 Å². The highest BCUT2D eigenvalue weighted by atomic mass is 19.4. The third-order valence-corrected chi connectivity index (χ3v) is 6.22. The van der Waals surface area contributed by atoms with E-state index >= 15 is 0 Å². The van der Waals surface area contributed by atoms with Gasteiger partial charge in [-0.05, 0) is 38.1 Å². The minimum absolute atomic E-state index is 0.465. The van der Waals surface area contributed by atoms with E-state index in [1.54, 1.807) is 0 Å². The van der Waals surface area contributed by atoms with E-state index in [1.165, 1.54) is 43.4 Å². The lowest BCUT2D eigenvalue weighted by Gasteiger charge is -2.43. The Balaban J connectivity index is 0.000000271. The molecule has 3 aliphatic rings. The summed E-state index contributed by atoms with van der Waals surface area (Å²) in [6, 6.07) is 0.600. The van der Waals surface area contributed by atoms with E-state index in [2.05, 4.69) is 27.1 Å². The van der Waals surface area contributed by atoms with Crippen LogP contribution in [0.3, 0.4) is 0 Å². The van der Waals surface area contributed by atoms with Gasteiger partial charge in [0.1, 0.15) is 5.82 Å². The molecule has 9 nitrogen and oxygen atoms in total. The molecule has 1 saturated carbocycles. The van der Waals surface area contributed by atoms with Crippen LogP contribution in [0.1, 0.15) is 56.2 Å². The van der Waals surface area contributed by atoms with E-state index in [4.69, 9.17) is 25.5 Å². The number of carboxylic acid groups (broad SMARTS) is 2. The van der Waals surface area contributed by atoms with E-state index in [-0.39, 0.29) is 0 Å². The normalized spacial score (nSPS) is 21.5. The number of halogens is 6. The first-order valence-electron chi connectivity index (χ1n) is 11.4. The molecule has 0 bridgehead atoms. The molecule has 0 amide bonds. The maximum Gasteiger partial charge on any atom is 0.490 e. The molecule has 0 aromatic carbocycles. The number of likely N-dealkylation sites (N-methyl/N-ethyl adjacent to an activating group) is 1. The highest BCUT2D eigenvalue weighted by Crippen LogP contribution is 2.46. The van der Waals surface area contributed by atoms with Crippen LogP contribution in [0.25, 0.3) is 0 Å². The molecule has 36 heavy (non-hydrogen) atoms. The first-order valence-corrected chi connectivity index (χ1v) is 11.4. The van der Waals surface area contributed by atoms with Crippen molar-refractivity contribution in [2.24, 2.45) is 5.92 Å². The minimum Gasteiger partial charge on any atom is -0.475 e. The molecule has 0 radical (unpaired) electrons. The molecule has 4 rings (SSSR count). The first-order chi connectivity index (χ1) is 16.6. The minimum atomic E-state index is -5.08. The zero-order valence-electron chi connectivity index (χ0n) is 19.5. The zero-order valence-corrected chi connectivity index (χ0v) is 19.5. The molecule has 2 fully saturated rings. The predicted octanol–water partition coefficient (Wildman–Crippen LogP) is 3.34. The summed E-state index contributed by atoms with van der Waals surface area (Å²) in [4.78, 5) is 29.5. The van der Waals surface area contributed by atoms with E-state index in [9.17, 15) is 26.3 Å². The zero-order chi connectivity index (χ0) is 27.3. The van der Waals surface area contributed by atoms with E-state index in [1.807, 2.05) is 0 Å². The number of fused-ring (bicyclic) bond motifs is 3. The first kappa shape index (κ1) is 29.4. The van der Waals surface area contributed by atoms with Crippen LogP contribution in [0.2, 0.25) is 0 Å². The van der Waals surface area contributed by atoms with Crippen LogP contribution in [0.5, 0.6) is 0 Å². The number of anilines is 2. The third-order valence-electron chi connectivity index (χ3n) is 6.22. The molecule has 5 N–H and O–H groups in total. The van der Waals surface area contributed by atoms with Crippen molar-refractivity contribution in [3.8, 4) is 0 Å². The van der Waals surface area contributed by atoms with Crippen LogP contribution < -0.4 is 16.0 Å². The maximum absolute atomic E-state index is 10.6. The quantitative estimate of drug-likeness (QED) is 0.434. The molecule has 2 atom stereocenters. The molecule has 0 spiro atoms. The lowest BCUT2D eigenvalue weighted by Crippen LogP contribution is -2.58. The number of alkyl halides is 6. The number of carboxylic acids is 2. The van der Waals surface area contributed by atoms with Crippen molar-refractivity contribution >= 4 is 23.7 Å². The number of carbonyl (C=O) groups is 2. The summed E-state index contributed by atoms with van der Waals surface area (Å²) in [6.45, 7) is 5.29. The summed E-state index contributed by atoms with van der Waals surface area (Å²) in [7, 11) is 0. The highest BCUT2D eigenvalue weighted by Gasteiger charge is 2.39. The van der Waals surface area contributed by atoms with Crippen molar-refractivity contribution in [3.05, 3.63) is 11.3 Å². The van der Waals surface area contributed by atoms with Gasteiger partial charge in [0.2, 0.25) is 5.95 Å². The third kappa shape index (κ3) is 7.83. The molecule has 2 aliphatic carbocycles. The molecular weight excluding hydrogens is 500 g/mol. The van der Waals surface area contributed by atoms with Crippen LogP contribution in [0.4, 0.5) is 38.1 Å². The Hall–Kier alpha value is -2.84. The summed E-state index contributed by atoms with van der Waals surface area (Å²) in [6.07, 6.45) is -2.34. The number of hydrogen-bond donors (Lipinski definition) is 4. The second kappa shape index (κ2) is 11.9. The van der Waals surface area contributed by atoms with Gasteiger partial charge >= 0.3 is 24.3 Å². The Labute approximate surface area is 203 Å². The fourth-order valence-electron chi connectivity index (χ4n) is 4.63. The number of nitrogens with zero attached hydrogens (tertiary/aromatic N) is 3. The second-order valence-electron chi connectivity index (χ2n) is 8.72. The van der Waals surface area contributed by atoms with Gasteiger partial charge in [0.05, 0.1) is 5.69 Å². The average Bonchev–Trinajstić information content (AvgIpc) is 2.75. The topological polar surface area (TPSA) is 142 Å². The predicted molar refractivity (Wildman–Crippen MR) is 117 cm³/mol. The van der Waals surface area contributed by atoms with Crippen LogP contribution in [0.15, 0.2) is 0 Å². The Morgan fingerprint density at radius 3 is 2.03 bits per heavy atom. The Bertz CT molecular complexity index is 897. The highest BCUT2D eigenvalue weighted by molar-refractivity contribution is 5.73. The molecule has 1 saturated heterocycles. The fraction of sp³-hybridized carbons (Fsp3) is 0.714. The smallest absolute Gasteiger partial charge is 0.475 e. The molecular formula is C21H29F6N5O4. The summed E-state index contributed by atoms with van der Waals surface area (Å²) < 4.78 is 63.5. The van der Waals surface area contributed by atoms with E-state index in [0.717, 1.165) is 37.8 Å². The van der Waals surface area contributed by atoms with E-state index < -0.39 is 24.3 Å². The molecule has 2 heterocycles. The molecule has 1 aliphatic heterocycles. The Morgan fingerprint density at radius 2 is 1.53 bits per heavy atom. The molecule has 0 unspecified atom stereocenters. The van der Waals surface area contributed by atoms with Crippen LogP contribution in [-0.2, 0) is 16.0 Å². The SMILES string of the molecule is CCNC1CN(c2nc(N)nc3c2CC[C@@H]2CCCC[C@@H]32)C1.O=C(O)C(F)(F)F.O=C(O)C(F)(F)F.